The maximum Gasteiger partial charge on any atom is 0.234 e. The van der Waals surface area contributed by atoms with Crippen molar-refractivity contribution in [3.05, 3.63) is 63.4 Å². The van der Waals surface area contributed by atoms with E-state index in [1.807, 2.05) is 36.7 Å². The lowest BCUT2D eigenvalue weighted by Gasteiger charge is -2.09. The van der Waals surface area contributed by atoms with E-state index in [1.54, 1.807) is 18.2 Å². The van der Waals surface area contributed by atoms with Gasteiger partial charge in [0, 0.05) is 22.8 Å². The Morgan fingerprint density at radius 2 is 1.83 bits per heavy atom. The van der Waals surface area contributed by atoms with E-state index >= 15 is 0 Å². The highest BCUT2D eigenvalue weighted by Gasteiger charge is 2.13. The van der Waals surface area contributed by atoms with E-state index in [2.05, 4.69) is 22.4 Å². The third kappa shape index (κ3) is 5.88. The molecule has 1 N–H and O–H groups in total. The van der Waals surface area contributed by atoms with Crippen molar-refractivity contribution in [3.63, 3.8) is 0 Å². The van der Waals surface area contributed by atoms with Crippen molar-refractivity contribution < 1.29 is 9.53 Å². The highest BCUT2D eigenvalue weighted by atomic mass is 35.5. The molecule has 0 saturated carbocycles. The second-order valence-corrected chi connectivity index (χ2v) is 8.30. The first kappa shape index (κ1) is 21.5. The summed E-state index contributed by atoms with van der Waals surface area (Å²) in [5, 5.41) is 12.6. The van der Waals surface area contributed by atoms with Crippen LogP contribution in [0.3, 0.4) is 0 Å². The number of rotatable bonds is 7. The fourth-order valence-electron chi connectivity index (χ4n) is 2.50. The van der Waals surface area contributed by atoms with E-state index in [0.717, 1.165) is 5.75 Å². The summed E-state index contributed by atoms with van der Waals surface area (Å²) < 4.78 is 7.63. The normalized spacial score (nSPS) is 10.8. The lowest BCUT2D eigenvalue weighted by Crippen LogP contribution is -2.14. The quantitative estimate of drug-likeness (QED) is 0.510. The molecule has 6 nitrogen and oxygen atoms in total. The van der Waals surface area contributed by atoms with Crippen LogP contribution in [0.2, 0.25) is 10.0 Å². The number of benzene rings is 2. The largest absolute Gasteiger partial charge is 0.486 e. The molecule has 9 heteroatoms. The number of nitrogens with one attached hydrogen (secondary N) is 1. The molecule has 3 aromatic rings. The first-order chi connectivity index (χ1) is 13.8. The molecule has 29 heavy (non-hydrogen) atoms. The summed E-state index contributed by atoms with van der Waals surface area (Å²) in [6.07, 6.45) is 0. The van der Waals surface area contributed by atoms with E-state index in [0.29, 0.717) is 33.3 Å². The third-order valence-electron chi connectivity index (χ3n) is 4.25. The molecule has 0 atom stereocenters. The number of ether oxygens (including phenoxy) is 1. The molecule has 0 fully saturated rings. The monoisotopic (exact) mass is 450 g/mol. The summed E-state index contributed by atoms with van der Waals surface area (Å²) in [5.41, 5.74) is 2.94. The van der Waals surface area contributed by atoms with Gasteiger partial charge >= 0.3 is 0 Å². The van der Waals surface area contributed by atoms with Crippen molar-refractivity contribution in [2.45, 2.75) is 25.6 Å². The molecule has 0 aliphatic rings. The van der Waals surface area contributed by atoms with Crippen molar-refractivity contribution in [2.75, 3.05) is 11.1 Å². The molecular weight excluding hydrogens is 431 g/mol. The van der Waals surface area contributed by atoms with Crippen LogP contribution in [-0.4, -0.2) is 26.4 Å². The number of hydrogen-bond donors (Lipinski definition) is 1. The van der Waals surface area contributed by atoms with Crippen molar-refractivity contribution >= 4 is 46.6 Å². The molecule has 0 spiro atoms. The third-order valence-corrected chi connectivity index (χ3v) is 5.71. The summed E-state index contributed by atoms with van der Waals surface area (Å²) in [6, 6.07) is 10.8. The zero-order valence-electron chi connectivity index (χ0n) is 16.2. The Morgan fingerprint density at radius 3 is 2.52 bits per heavy atom. The summed E-state index contributed by atoms with van der Waals surface area (Å²) >= 11 is 13.2. The highest BCUT2D eigenvalue weighted by Crippen LogP contribution is 2.23. The average Bonchev–Trinajstić information content (AvgIpc) is 3.00. The topological polar surface area (TPSA) is 69.0 Å². The molecule has 0 bridgehead atoms. The Bertz CT molecular complexity index is 1020. The van der Waals surface area contributed by atoms with Crippen LogP contribution < -0.4 is 10.1 Å². The minimum absolute atomic E-state index is 0.175. The minimum atomic E-state index is -0.190. The SMILES string of the molecule is Cc1ccc(OCc2nnc(SCC(=O)Nc3cc(Cl)cc(Cl)c3)n2C)cc1C. The van der Waals surface area contributed by atoms with E-state index in [4.69, 9.17) is 27.9 Å². The number of aryl methyl sites for hydroxylation is 2. The first-order valence-electron chi connectivity index (χ1n) is 8.79. The molecule has 0 saturated heterocycles. The maximum atomic E-state index is 12.2. The van der Waals surface area contributed by atoms with Gasteiger partial charge in [-0.3, -0.25) is 4.79 Å². The van der Waals surface area contributed by atoms with Crippen LogP contribution in [0.15, 0.2) is 41.6 Å². The van der Waals surface area contributed by atoms with Crippen molar-refractivity contribution in [3.8, 4) is 5.75 Å². The van der Waals surface area contributed by atoms with Crippen molar-refractivity contribution in [2.24, 2.45) is 7.05 Å². The molecule has 1 aromatic heterocycles. The fourth-order valence-corrected chi connectivity index (χ4v) is 3.76. The number of carbonyl (C=O) groups is 1. The highest BCUT2D eigenvalue weighted by molar-refractivity contribution is 7.99. The lowest BCUT2D eigenvalue weighted by molar-refractivity contribution is -0.113. The average molecular weight is 451 g/mol. The Labute approximate surface area is 183 Å². The number of aromatic nitrogens is 3. The van der Waals surface area contributed by atoms with Crippen LogP contribution in [0.4, 0.5) is 5.69 Å². The van der Waals surface area contributed by atoms with Gasteiger partial charge in [0.1, 0.15) is 12.4 Å². The van der Waals surface area contributed by atoms with Gasteiger partial charge in [0.05, 0.1) is 5.75 Å². The number of nitrogens with zero attached hydrogens (tertiary/aromatic N) is 3. The smallest absolute Gasteiger partial charge is 0.234 e. The van der Waals surface area contributed by atoms with Crippen molar-refractivity contribution in [1.82, 2.24) is 14.8 Å². The molecule has 1 heterocycles. The summed E-state index contributed by atoms with van der Waals surface area (Å²) in [5.74, 6) is 1.44. The Balaban J connectivity index is 1.54. The minimum Gasteiger partial charge on any atom is -0.486 e. The Kier molecular flexibility index (Phi) is 7.05. The molecule has 1 amide bonds. The molecule has 3 rings (SSSR count). The molecule has 0 aliphatic carbocycles. The van der Waals surface area contributed by atoms with Crippen LogP contribution in [0, 0.1) is 13.8 Å². The van der Waals surface area contributed by atoms with Gasteiger partial charge in [-0.25, -0.2) is 0 Å². The van der Waals surface area contributed by atoms with Crippen LogP contribution in [0.5, 0.6) is 5.75 Å². The fraction of sp³-hybridized carbons (Fsp3) is 0.250. The van der Waals surface area contributed by atoms with Gasteiger partial charge in [0.25, 0.3) is 0 Å². The second kappa shape index (κ2) is 9.52. The van der Waals surface area contributed by atoms with Crippen LogP contribution in [0.25, 0.3) is 0 Å². The molecule has 0 aliphatic heterocycles. The van der Waals surface area contributed by atoms with Gasteiger partial charge in [-0.15, -0.1) is 10.2 Å². The number of halogens is 2. The van der Waals surface area contributed by atoms with Gasteiger partial charge in [0.15, 0.2) is 11.0 Å². The number of anilines is 1. The first-order valence-corrected chi connectivity index (χ1v) is 10.5. The lowest BCUT2D eigenvalue weighted by atomic mass is 10.1. The number of carbonyl (C=O) groups excluding carboxylic acids is 1. The zero-order valence-corrected chi connectivity index (χ0v) is 18.5. The molecule has 152 valence electrons. The molecular formula is C20H20Cl2N4O2S. The van der Waals surface area contributed by atoms with E-state index in [1.165, 1.54) is 22.9 Å². The Morgan fingerprint density at radius 1 is 1.10 bits per heavy atom. The van der Waals surface area contributed by atoms with E-state index in [9.17, 15) is 4.79 Å². The van der Waals surface area contributed by atoms with Gasteiger partial charge in [-0.1, -0.05) is 41.0 Å². The number of thioether (sulfide) groups is 1. The van der Waals surface area contributed by atoms with Crippen molar-refractivity contribution in [1.29, 1.82) is 0 Å². The van der Waals surface area contributed by atoms with Gasteiger partial charge < -0.3 is 14.6 Å². The predicted molar refractivity (Wildman–Crippen MR) is 117 cm³/mol. The van der Waals surface area contributed by atoms with Gasteiger partial charge in [-0.05, 0) is 55.3 Å². The van der Waals surface area contributed by atoms with Gasteiger partial charge in [-0.2, -0.15) is 0 Å². The van der Waals surface area contributed by atoms with E-state index < -0.39 is 0 Å². The molecule has 0 unspecified atom stereocenters. The second-order valence-electron chi connectivity index (χ2n) is 6.49. The summed E-state index contributed by atoms with van der Waals surface area (Å²) in [7, 11) is 1.84. The summed E-state index contributed by atoms with van der Waals surface area (Å²) in [6.45, 7) is 4.39. The van der Waals surface area contributed by atoms with Crippen LogP contribution in [0.1, 0.15) is 17.0 Å². The predicted octanol–water partition coefficient (Wildman–Crippen LogP) is 5.05. The molecule has 2 aromatic carbocycles. The zero-order chi connectivity index (χ0) is 21.0. The molecule has 0 radical (unpaired) electrons. The number of amides is 1. The number of hydrogen-bond acceptors (Lipinski definition) is 5. The Hall–Kier alpha value is -2.22. The van der Waals surface area contributed by atoms with Gasteiger partial charge in [0.2, 0.25) is 5.91 Å². The summed E-state index contributed by atoms with van der Waals surface area (Å²) in [4.78, 5) is 12.2. The standard InChI is InChI=1S/C20H20Cl2N4O2S/c1-12-4-5-17(6-13(12)2)28-10-18-24-25-20(26(18)3)29-11-19(27)23-16-8-14(21)7-15(22)9-16/h4-9H,10-11H2,1-3H3,(H,23,27). The van der Waals surface area contributed by atoms with Crippen LogP contribution >= 0.6 is 35.0 Å². The maximum absolute atomic E-state index is 12.2. The van der Waals surface area contributed by atoms with Crippen LogP contribution in [-0.2, 0) is 18.4 Å². The van der Waals surface area contributed by atoms with E-state index in [-0.39, 0.29) is 11.7 Å².